The van der Waals surface area contributed by atoms with Gasteiger partial charge < -0.3 is 36.1 Å². The number of nitrogens with zero attached hydrogens (tertiary/aromatic N) is 10. The van der Waals surface area contributed by atoms with Crippen molar-refractivity contribution in [3.63, 3.8) is 0 Å². The third kappa shape index (κ3) is 35.8. The number of amides is 5. The maximum atomic E-state index is 14.0. The van der Waals surface area contributed by atoms with Gasteiger partial charge >= 0.3 is 25.1 Å². The van der Waals surface area contributed by atoms with Crippen LogP contribution in [0.5, 0.6) is 11.5 Å². The van der Waals surface area contributed by atoms with Crippen LogP contribution in [0.15, 0.2) is 224 Å². The Labute approximate surface area is 868 Å². The first-order valence-corrected chi connectivity index (χ1v) is 50.2. The van der Waals surface area contributed by atoms with E-state index in [0.29, 0.717) is 79.6 Å². The van der Waals surface area contributed by atoms with E-state index in [-0.39, 0.29) is 86.0 Å². The Hall–Kier alpha value is -13.8. The van der Waals surface area contributed by atoms with E-state index < -0.39 is 65.9 Å². The molecule has 0 aliphatic heterocycles. The highest BCUT2D eigenvalue weighted by Gasteiger charge is 2.39. The molecule has 5 unspecified atom stereocenters. The van der Waals surface area contributed by atoms with Gasteiger partial charge in [-0.1, -0.05) is 265 Å². The first-order valence-electron chi connectivity index (χ1n) is 45.4. The van der Waals surface area contributed by atoms with Crippen molar-refractivity contribution in [1.29, 1.82) is 0 Å². The molecule has 15 aromatic rings. The van der Waals surface area contributed by atoms with Crippen molar-refractivity contribution in [3.8, 4) is 76.7 Å². The minimum absolute atomic E-state index is 0.0610. The maximum absolute atomic E-state index is 14.0. The van der Waals surface area contributed by atoms with E-state index in [9.17, 15) is 81.0 Å². The molecule has 0 spiro atoms. The second-order valence-electron chi connectivity index (χ2n) is 33.1. The second kappa shape index (κ2) is 52.5. The van der Waals surface area contributed by atoms with Crippen LogP contribution in [0.2, 0.25) is 10.0 Å². The number of aryl methyl sites for hydroxylation is 5. The summed E-state index contributed by atoms with van der Waals surface area (Å²) in [5, 5.41) is 61.5. The number of carbonyl (C=O) groups excluding carboxylic acids is 5. The molecule has 0 bridgehead atoms. The van der Waals surface area contributed by atoms with Crippen LogP contribution < -0.4 is 36.1 Å². The van der Waals surface area contributed by atoms with Crippen LogP contribution in [0.1, 0.15) is 190 Å². The molecule has 22 nitrogen and oxygen atoms in total. The molecule has 5 heterocycles. The largest absolute Gasteiger partial charge is 0.573 e. The standard InChI is InChI=1S/C22H19F6N3OS.C21H19ClF3N3O2S.C21H15F4N3O2S.C21H23N3OS.C20H20ClN3OS/c1-3-13-4-6-14(7-5-13)8-18(29-12(2)32)20-31-30-19(33-20)15-9-16(21(23,24)25)11-17(10-15)22(26,27)28;1-3-13-4-6-14(7-5-13)8-18(26-12(2)29)20-28-27-19(31-20)15-9-16(22)11-17(10-15)30-21(23,24)25;1-3-14-8-7-13(9-17(14)22)10-18(26-12(2)29)20-28-27-19(31-20)15-5-4-6-16(11-15)30-21(23,24)25;1-4-16-8-10-17(11-9-16)13-19(22-15(3)25)21-24-23-20(26-21)18-7-5-6-14(2)12-18;1-3-14-7-9-15(10-8-14)11-18(22-13(2)25)20-24-23-19(26-20)16-5-4-6-17(21)12-16/h4-7,9-11,18H,3,8H2,1-2H3,(H,29,32);4-7,9-11,18H,3,8H2,1-2H3,(H,26,29);1,4-9,11,18H,10H2,2H3,(H,26,29);5-12,19H,4,13H2,1-3H3,(H,22,25);4-10,12,18H,3,11H2,1-2H3,(H,22,25). The molecule has 0 aliphatic rings. The Bertz CT molecular complexity index is 6840. The van der Waals surface area contributed by atoms with Crippen LogP contribution in [0.25, 0.3) is 52.9 Å². The molecule has 147 heavy (non-hydrogen) atoms. The molecule has 5 amide bonds. The topological polar surface area (TPSA) is 293 Å². The quantitative estimate of drug-likeness (QED) is 0.0199. The predicted octanol–water partition coefficient (Wildman–Crippen LogP) is 25.9. The van der Waals surface area contributed by atoms with Crippen LogP contribution >= 0.6 is 79.9 Å². The van der Waals surface area contributed by atoms with Crippen LogP contribution in [0.3, 0.4) is 0 Å². The Morgan fingerprint density at radius 3 is 0.912 bits per heavy atom. The van der Waals surface area contributed by atoms with Gasteiger partial charge in [-0.2, -0.15) is 26.3 Å². The number of benzene rings is 10. The van der Waals surface area contributed by atoms with E-state index >= 15 is 0 Å². The molecule has 0 saturated heterocycles. The fourth-order valence-corrected chi connectivity index (χ4v) is 19.3. The number of aromatic nitrogens is 10. The van der Waals surface area contributed by atoms with Crippen molar-refractivity contribution in [1.82, 2.24) is 77.6 Å². The third-order valence-electron chi connectivity index (χ3n) is 21.5. The van der Waals surface area contributed by atoms with Gasteiger partial charge in [0.05, 0.1) is 46.9 Å². The molecule has 15 rings (SSSR count). The van der Waals surface area contributed by atoms with E-state index in [1.165, 1.54) is 139 Å². The highest BCUT2D eigenvalue weighted by Crippen LogP contribution is 2.43. The molecular weight excluding hydrogens is 2060 g/mol. The summed E-state index contributed by atoms with van der Waals surface area (Å²) in [6.45, 7) is 17.5. The van der Waals surface area contributed by atoms with E-state index in [1.807, 2.05) is 91.9 Å². The Morgan fingerprint density at radius 2 is 0.605 bits per heavy atom. The minimum Gasteiger partial charge on any atom is -0.406 e. The smallest absolute Gasteiger partial charge is 0.406 e. The summed E-state index contributed by atoms with van der Waals surface area (Å²) in [6.07, 6.45) is -8.13. The van der Waals surface area contributed by atoms with Gasteiger partial charge in [-0.3, -0.25) is 24.0 Å². The van der Waals surface area contributed by atoms with Crippen LogP contribution in [0, 0.1) is 25.1 Å². The lowest BCUT2D eigenvalue weighted by Crippen LogP contribution is -2.27. The van der Waals surface area contributed by atoms with Crippen molar-refractivity contribution in [3.05, 3.63) is 338 Å². The van der Waals surface area contributed by atoms with Crippen LogP contribution in [-0.4, -0.2) is 93.2 Å². The maximum Gasteiger partial charge on any atom is 0.573 e. The second-order valence-corrected chi connectivity index (χ2v) is 39.0. The predicted molar refractivity (Wildman–Crippen MR) is 544 cm³/mol. The van der Waals surface area contributed by atoms with E-state index in [2.05, 4.69) is 181 Å². The summed E-state index contributed by atoms with van der Waals surface area (Å²) in [5.41, 5.74) is 10.5. The van der Waals surface area contributed by atoms with Gasteiger partial charge in [0.2, 0.25) is 29.5 Å². The number of alkyl halides is 12. The van der Waals surface area contributed by atoms with Gasteiger partial charge in [0.1, 0.15) is 67.4 Å². The molecule has 5 aromatic heterocycles. The highest BCUT2D eigenvalue weighted by atomic mass is 35.5. The molecule has 5 atom stereocenters. The monoisotopic (exact) mass is 2160 g/mol. The average Bonchev–Trinajstić information content (AvgIpc) is 1.70. The lowest BCUT2D eigenvalue weighted by Gasteiger charge is -2.15. The molecule has 768 valence electrons. The third-order valence-corrected chi connectivity index (χ3v) is 27.4. The van der Waals surface area contributed by atoms with Gasteiger partial charge in [0.15, 0.2) is 0 Å². The van der Waals surface area contributed by atoms with Gasteiger partial charge in [0, 0.05) is 72.5 Å². The fraction of sp³-hybridized carbons (Fsp3) is 0.267. The average molecular weight is 2160 g/mol. The van der Waals surface area contributed by atoms with Crippen molar-refractivity contribution in [2.45, 2.75) is 182 Å². The molecule has 5 N–H and O–H groups in total. The van der Waals surface area contributed by atoms with Crippen molar-refractivity contribution >= 4 is 109 Å². The van der Waals surface area contributed by atoms with Gasteiger partial charge in [0.25, 0.3) is 0 Å². The summed E-state index contributed by atoms with van der Waals surface area (Å²) >= 11 is 18.1. The lowest BCUT2D eigenvalue weighted by atomic mass is 10.0. The minimum atomic E-state index is -4.97. The number of halogens is 15. The van der Waals surface area contributed by atoms with Gasteiger partial charge in [-0.05, 0) is 194 Å². The Morgan fingerprint density at radius 1 is 0.327 bits per heavy atom. The summed E-state index contributed by atoms with van der Waals surface area (Å²) in [5.74, 6) is -0.213. The summed E-state index contributed by atoms with van der Waals surface area (Å²) < 4.78 is 176. The van der Waals surface area contributed by atoms with E-state index in [1.54, 1.807) is 12.1 Å². The molecule has 0 fully saturated rings. The normalized spacial score (nSPS) is 12.4. The molecular formula is C105H96Cl2F13N15O7S5. The zero-order valence-corrected chi connectivity index (χ0v) is 85.8. The molecule has 0 radical (unpaired) electrons. The number of hydrogen-bond acceptors (Lipinski definition) is 22. The number of terminal acetylenes is 1. The number of carbonyl (C=O) groups is 5. The first-order chi connectivity index (χ1) is 69.7. The van der Waals surface area contributed by atoms with E-state index in [4.69, 9.17) is 29.6 Å². The van der Waals surface area contributed by atoms with Crippen molar-refractivity contribution in [2.75, 3.05) is 0 Å². The molecule has 10 aromatic carbocycles. The van der Waals surface area contributed by atoms with Crippen molar-refractivity contribution < 1.29 is 90.5 Å². The van der Waals surface area contributed by atoms with Gasteiger partial charge in [-0.15, -0.1) is 83.8 Å². The number of ether oxygens (including phenoxy) is 2. The van der Waals surface area contributed by atoms with Gasteiger partial charge in [-0.25, -0.2) is 4.39 Å². The summed E-state index contributed by atoms with van der Waals surface area (Å²) in [4.78, 5) is 58.4. The lowest BCUT2D eigenvalue weighted by molar-refractivity contribution is -0.275. The summed E-state index contributed by atoms with van der Waals surface area (Å²) in [6, 6.07) is 61.1. The number of rotatable bonds is 31. The highest BCUT2D eigenvalue weighted by molar-refractivity contribution is 7.16. The zero-order valence-electron chi connectivity index (χ0n) is 80.2. The number of nitrogens with one attached hydrogen (secondary N) is 5. The SMILES string of the molecule is C#Cc1ccc(CC(NC(C)=O)c2nnc(-c3cccc(OC(F)(F)F)c3)s2)cc1F.CCc1ccc(CC(NC(C)=O)c2nnc(-c3cc(C(F)(F)F)cc(C(F)(F)F)c3)s2)cc1.CCc1ccc(CC(NC(C)=O)c2nnc(-c3cc(Cl)cc(OC(F)(F)F)c3)s2)cc1.CCc1ccc(CC(NC(C)=O)c2nnc(-c3cccc(C)c3)s2)cc1.CCc1ccc(CC(NC(C)=O)c2nnc(-c3cccc(Cl)c3)s2)cc1. The fourth-order valence-electron chi connectivity index (χ4n) is 14.5. The Balaban J connectivity index is 0.000000175. The zero-order chi connectivity index (χ0) is 107. The first kappa shape index (κ1) is 114. The molecule has 0 aliphatic carbocycles. The van der Waals surface area contributed by atoms with Crippen molar-refractivity contribution in [2.24, 2.45) is 0 Å². The Kier molecular flexibility index (Phi) is 40.5. The van der Waals surface area contributed by atoms with Crippen LogP contribution in [-0.2, 0) is 94.1 Å². The number of hydrogen-bond donors (Lipinski definition) is 5. The van der Waals surface area contributed by atoms with E-state index in [0.717, 1.165) is 108 Å². The summed E-state index contributed by atoms with van der Waals surface area (Å²) in [7, 11) is 0. The molecule has 42 heteroatoms. The van der Waals surface area contributed by atoms with Crippen LogP contribution in [0.4, 0.5) is 57.1 Å². The molecule has 0 saturated carbocycles.